The highest BCUT2D eigenvalue weighted by Gasteiger charge is 2.16. The predicted molar refractivity (Wildman–Crippen MR) is 82.8 cm³/mol. The van der Waals surface area contributed by atoms with E-state index in [-0.39, 0.29) is 5.91 Å². The maximum Gasteiger partial charge on any atom is 0.265 e. The van der Waals surface area contributed by atoms with Crippen molar-refractivity contribution >= 4 is 11.6 Å². The molecule has 1 N–H and O–H groups in total. The van der Waals surface area contributed by atoms with Crippen LogP contribution in [0, 0.1) is 0 Å². The van der Waals surface area contributed by atoms with Gasteiger partial charge in [-0.2, -0.15) is 0 Å². The van der Waals surface area contributed by atoms with E-state index in [0.29, 0.717) is 23.8 Å². The first-order valence-corrected chi connectivity index (χ1v) is 6.95. The van der Waals surface area contributed by atoms with Crippen LogP contribution in [-0.4, -0.2) is 18.6 Å². The molecule has 0 bridgehead atoms. The molecule has 0 saturated heterocycles. The number of hydrogen-bond acceptors (Lipinski definition) is 3. The number of carbonyl (C=O) groups excluding carboxylic acids is 1. The second-order valence-electron chi connectivity index (χ2n) is 4.49. The third-order valence-electron chi connectivity index (χ3n) is 2.87. The molecule has 0 radical (unpaired) electrons. The van der Waals surface area contributed by atoms with E-state index in [1.165, 1.54) is 0 Å². The zero-order chi connectivity index (χ0) is 15.1. The molecular formula is C17H19NO3. The zero-order valence-corrected chi connectivity index (χ0v) is 12.2. The first-order valence-electron chi connectivity index (χ1n) is 6.95. The second-order valence-corrected chi connectivity index (χ2v) is 4.49. The Morgan fingerprint density at radius 3 is 2.48 bits per heavy atom. The van der Waals surface area contributed by atoms with Crippen LogP contribution >= 0.6 is 0 Å². The van der Waals surface area contributed by atoms with Crippen LogP contribution in [0.25, 0.3) is 0 Å². The standard InChI is InChI=1S/C17H19NO3/c1-3-20-16-12-8-7-11-15(16)18-17(19)13(2)21-14-9-5-4-6-10-14/h4-13H,3H2,1-2H3,(H,18,19). The van der Waals surface area contributed by atoms with Crippen LogP contribution in [0.15, 0.2) is 54.6 Å². The molecule has 1 amide bonds. The van der Waals surface area contributed by atoms with E-state index < -0.39 is 6.10 Å². The lowest BCUT2D eigenvalue weighted by Gasteiger charge is -2.16. The highest BCUT2D eigenvalue weighted by molar-refractivity contribution is 5.95. The number of amides is 1. The molecule has 2 aromatic carbocycles. The van der Waals surface area contributed by atoms with Crippen LogP contribution in [0.3, 0.4) is 0 Å². The number of anilines is 1. The molecule has 0 fully saturated rings. The Hall–Kier alpha value is -2.49. The Morgan fingerprint density at radius 1 is 1.10 bits per heavy atom. The summed E-state index contributed by atoms with van der Waals surface area (Å²) >= 11 is 0. The van der Waals surface area contributed by atoms with Gasteiger partial charge in [-0.3, -0.25) is 4.79 Å². The first kappa shape index (κ1) is 14.9. The molecule has 0 aromatic heterocycles. The van der Waals surface area contributed by atoms with Crippen LogP contribution in [0.5, 0.6) is 11.5 Å². The summed E-state index contributed by atoms with van der Waals surface area (Å²) in [5.41, 5.74) is 0.646. The van der Waals surface area contributed by atoms with E-state index >= 15 is 0 Å². The number of carbonyl (C=O) groups is 1. The van der Waals surface area contributed by atoms with Crippen molar-refractivity contribution in [2.45, 2.75) is 20.0 Å². The average molecular weight is 285 g/mol. The third-order valence-corrected chi connectivity index (χ3v) is 2.87. The van der Waals surface area contributed by atoms with Crippen LogP contribution < -0.4 is 14.8 Å². The molecule has 0 spiro atoms. The Morgan fingerprint density at radius 2 is 1.76 bits per heavy atom. The number of benzene rings is 2. The molecular weight excluding hydrogens is 266 g/mol. The monoisotopic (exact) mass is 285 g/mol. The molecule has 0 saturated carbocycles. The first-order chi connectivity index (χ1) is 10.2. The molecule has 1 unspecified atom stereocenters. The van der Waals surface area contributed by atoms with Gasteiger partial charge in [-0.05, 0) is 38.1 Å². The number of rotatable bonds is 6. The highest BCUT2D eigenvalue weighted by Crippen LogP contribution is 2.24. The summed E-state index contributed by atoms with van der Waals surface area (Å²) < 4.78 is 11.1. The van der Waals surface area contributed by atoms with Gasteiger partial charge in [0.25, 0.3) is 5.91 Å². The van der Waals surface area contributed by atoms with Crippen LogP contribution in [0.1, 0.15) is 13.8 Å². The van der Waals surface area contributed by atoms with Crippen molar-refractivity contribution in [3.8, 4) is 11.5 Å². The fourth-order valence-electron chi connectivity index (χ4n) is 1.84. The summed E-state index contributed by atoms with van der Waals surface area (Å²) in [6.07, 6.45) is -0.595. The van der Waals surface area contributed by atoms with Gasteiger partial charge in [-0.15, -0.1) is 0 Å². The summed E-state index contributed by atoms with van der Waals surface area (Å²) in [5, 5.41) is 2.83. The minimum Gasteiger partial charge on any atom is -0.492 e. The predicted octanol–water partition coefficient (Wildman–Crippen LogP) is 3.49. The quantitative estimate of drug-likeness (QED) is 0.883. The SMILES string of the molecule is CCOc1ccccc1NC(=O)C(C)Oc1ccccc1. The largest absolute Gasteiger partial charge is 0.492 e. The summed E-state index contributed by atoms with van der Waals surface area (Å²) in [6, 6.07) is 16.6. The lowest BCUT2D eigenvalue weighted by Crippen LogP contribution is -2.30. The molecule has 2 aromatic rings. The van der Waals surface area contributed by atoms with Gasteiger partial charge >= 0.3 is 0 Å². The molecule has 4 heteroatoms. The van der Waals surface area contributed by atoms with Gasteiger partial charge in [0.05, 0.1) is 12.3 Å². The summed E-state index contributed by atoms with van der Waals surface area (Å²) in [4.78, 5) is 12.2. The molecule has 21 heavy (non-hydrogen) atoms. The molecule has 1 atom stereocenters. The minimum atomic E-state index is -0.595. The van der Waals surface area contributed by atoms with Gasteiger partial charge in [0.2, 0.25) is 0 Å². The van der Waals surface area contributed by atoms with E-state index in [1.807, 2.05) is 55.5 Å². The number of ether oxygens (including phenoxy) is 2. The van der Waals surface area contributed by atoms with Gasteiger partial charge in [-0.1, -0.05) is 30.3 Å². The third kappa shape index (κ3) is 4.24. The summed E-state index contributed by atoms with van der Waals surface area (Å²) in [6.45, 7) is 4.16. The van der Waals surface area contributed by atoms with Crippen molar-refractivity contribution in [2.24, 2.45) is 0 Å². The Balaban J connectivity index is 2.01. The molecule has 110 valence electrons. The number of para-hydroxylation sites is 3. The lowest BCUT2D eigenvalue weighted by atomic mass is 10.2. The fraction of sp³-hybridized carbons (Fsp3) is 0.235. The highest BCUT2D eigenvalue weighted by atomic mass is 16.5. The van der Waals surface area contributed by atoms with Gasteiger partial charge in [0, 0.05) is 0 Å². The van der Waals surface area contributed by atoms with Crippen molar-refractivity contribution < 1.29 is 14.3 Å². The maximum atomic E-state index is 12.2. The Bertz CT molecular complexity index is 584. The smallest absolute Gasteiger partial charge is 0.265 e. The normalized spacial score (nSPS) is 11.5. The van der Waals surface area contributed by atoms with Crippen molar-refractivity contribution in [2.75, 3.05) is 11.9 Å². The van der Waals surface area contributed by atoms with Crippen molar-refractivity contribution in [1.82, 2.24) is 0 Å². The Kier molecular flexibility index (Phi) is 5.21. The van der Waals surface area contributed by atoms with Gasteiger partial charge < -0.3 is 14.8 Å². The van der Waals surface area contributed by atoms with E-state index in [1.54, 1.807) is 13.0 Å². The van der Waals surface area contributed by atoms with Gasteiger partial charge in [-0.25, -0.2) is 0 Å². The second kappa shape index (κ2) is 7.33. The van der Waals surface area contributed by atoms with Crippen molar-refractivity contribution in [3.05, 3.63) is 54.6 Å². The van der Waals surface area contributed by atoms with E-state index in [9.17, 15) is 4.79 Å². The van der Waals surface area contributed by atoms with E-state index in [4.69, 9.17) is 9.47 Å². The van der Waals surface area contributed by atoms with Crippen molar-refractivity contribution in [1.29, 1.82) is 0 Å². The molecule has 0 aliphatic rings. The summed E-state index contributed by atoms with van der Waals surface area (Å²) in [5.74, 6) is 1.10. The van der Waals surface area contributed by atoms with Gasteiger partial charge in [0.15, 0.2) is 6.10 Å². The summed E-state index contributed by atoms with van der Waals surface area (Å²) in [7, 11) is 0. The van der Waals surface area contributed by atoms with Crippen molar-refractivity contribution in [3.63, 3.8) is 0 Å². The topological polar surface area (TPSA) is 47.6 Å². The molecule has 0 heterocycles. The average Bonchev–Trinajstić information content (AvgIpc) is 2.50. The molecule has 2 rings (SSSR count). The minimum absolute atomic E-state index is 0.217. The molecule has 4 nitrogen and oxygen atoms in total. The van der Waals surface area contributed by atoms with E-state index in [2.05, 4.69) is 5.32 Å². The maximum absolute atomic E-state index is 12.2. The van der Waals surface area contributed by atoms with Gasteiger partial charge in [0.1, 0.15) is 11.5 Å². The lowest BCUT2D eigenvalue weighted by molar-refractivity contribution is -0.122. The Labute approximate surface area is 124 Å². The number of hydrogen-bond donors (Lipinski definition) is 1. The van der Waals surface area contributed by atoms with Crippen LogP contribution in [0.4, 0.5) is 5.69 Å². The van der Waals surface area contributed by atoms with E-state index in [0.717, 1.165) is 0 Å². The molecule has 0 aliphatic carbocycles. The van der Waals surface area contributed by atoms with Crippen LogP contribution in [-0.2, 0) is 4.79 Å². The molecule has 0 aliphatic heterocycles. The van der Waals surface area contributed by atoms with Crippen LogP contribution in [0.2, 0.25) is 0 Å². The fourth-order valence-corrected chi connectivity index (χ4v) is 1.84. The zero-order valence-electron chi connectivity index (χ0n) is 12.2. The number of nitrogens with one attached hydrogen (secondary N) is 1.